The van der Waals surface area contributed by atoms with Gasteiger partial charge in [-0.1, -0.05) is 6.92 Å². The molecule has 0 amide bonds. The summed E-state index contributed by atoms with van der Waals surface area (Å²) in [5.74, 6) is 1.65. The number of nitrogen functional groups attached to an aromatic ring is 1. The summed E-state index contributed by atoms with van der Waals surface area (Å²) < 4.78 is 24.5. The molecule has 1 aromatic rings. The van der Waals surface area contributed by atoms with Gasteiger partial charge in [0.25, 0.3) is 0 Å². The number of hydrogen-bond acceptors (Lipinski definition) is 7. The Morgan fingerprint density at radius 3 is 2.52 bits per heavy atom. The summed E-state index contributed by atoms with van der Waals surface area (Å²) in [6.45, 7) is 5.00. The van der Waals surface area contributed by atoms with Crippen molar-refractivity contribution in [1.82, 2.24) is 14.3 Å². The summed E-state index contributed by atoms with van der Waals surface area (Å²) in [6, 6.07) is 1.85. The van der Waals surface area contributed by atoms with Gasteiger partial charge in [0.15, 0.2) is 0 Å². The van der Waals surface area contributed by atoms with Crippen molar-refractivity contribution in [1.29, 1.82) is 0 Å². The van der Waals surface area contributed by atoms with Crippen LogP contribution in [0.4, 0.5) is 17.6 Å². The van der Waals surface area contributed by atoms with E-state index in [1.807, 2.05) is 11.0 Å². The highest BCUT2D eigenvalue weighted by Gasteiger charge is 2.24. The molecule has 2 heterocycles. The van der Waals surface area contributed by atoms with Gasteiger partial charge in [-0.3, -0.25) is 0 Å². The van der Waals surface area contributed by atoms with Gasteiger partial charge in [-0.2, -0.15) is 14.3 Å². The van der Waals surface area contributed by atoms with Gasteiger partial charge in [-0.05, 0) is 6.42 Å². The molecule has 21 heavy (non-hydrogen) atoms. The van der Waals surface area contributed by atoms with Crippen LogP contribution < -0.4 is 16.0 Å². The van der Waals surface area contributed by atoms with Crippen molar-refractivity contribution in [2.24, 2.45) is 0 Å². The highest BCUT2D eigenvalue weighted by molar-refractivity contribution is 7.88. The van der Waals surface area contributed by atoms with Gasteiger partial charge in [-0.15, -0.1) is 0 Å². The SMILES string of the molecule is CCCNc1cc(N2CCN(S(C)(=O)=O)CC2)nc(N)n1. The van der Waals surface area contributed by atoms with Crippen molar-refractivity contribution in [3.8, 4) is 0 Å². The van der Waals surface area contributed by atoms with Gasteiger partial charge >= 0.3 is 0 Å². The first-order valence-electron chi connectivity index (χ1n) is 6.98. The van der Waals surface area contributed by atoms with Gasteiger partial charge < -0.3 is 16.0 Å². The maximum absolute atomic E-state index is 11.5. The molecule has 1 saturated heterocycles. The Labute approximate surface area is 125 Å². The minimum absolute atomic E-state index is 0.219. The normalized spacial score (nSPS) is 17.0. The second-order valence-corrected chi connectivity index (χ2v) is 7.03. The third-order valence-electron chi connectivity index (χ3n) is 3.32. The lowest BCUT2D eigenvalue weighted by Crippen LogP contribution is -2.48. The van der Waals surface area contributed by atoms with E-state index in [0.29, 0.717) is 32.0 Å². The molecule has 0 atom stereocenters. The Kier molecular flexibility index (Phi) is 4.84. The van der Waals surface area contributed by atoms with Crippen LogP contribution in [0.3, 0.4) is 0 Å². The Morgan fingerprint density at radius 1 is 1.29 bits per heavy atom. The van der Waals surface area contributed by atoms with Gasteiger partial charge in [0, 0.05) is 38.8 Å². The number of anilines is 3. The molecule has 9 heteroatoms. The van der Waals surface area contributed by atoms with Crippen LogP contribution in [0.5, 0.6) is 0 Å². The van der Waals surface area contributed by atoms with Gasteiger partial charge in [0.1, 0.15) is 11.6 Å². The van der Waals surface area contributed by atoms with Crippen LogP contribution in [0.15, 0.2) is 6.07 Å². The van der Waals surface area contributed by atoms with Gasteiger partial charge in [-0.25, -0.2) is 8.42 Å². The molecular weight excluding hydrogens is 292 g/mol. The predicted octanol–water partition coefficient (Wildman–Crippen LogP) is -0.0377. The average molecular weight is 314 g/mol. The first-order chi connectivity index (χ1) is 9.90. The van der Waals surface area contributed by atoms with E-state index >= 15 is 0 Å². The topological polar surface area (TPSA) is 104 Å². The lowest BCUT2D eigenvalue weighted by molar-refractivity contribution is 0.387. The number of rotatable bonds is 5. The van der Waals surface area contributed by atoms with Crippen LogP contribution in [-0.2, 0) is 10.0 Å². The second kappa shape index (κ2) is 6.44. The zero-order chi connectivity index (χ0) is 15.5. The fraction of sp³-hybridized carbons (Fsp3) is 0.667. The molecule has 1 fully saturated rings. The molecule has 0 spiro atoms. The van der Waals surface area contributed by atoms with Crippen molar-refractivity contribution in [3.63, 3.8) is 0 Å². The van der Waals surface area contributed by atoms with Crippen LogP contribution in [-0.4, -0.2) is 61.7 Å². The van der Waals surface area contributed by atoms with Crippen LogP contribution in [0.1, 0.15) is 13.3 Å². The molecule has 2 rings (SSSR count). The first kappa shape index (κ1) is 15.8. The molecule has 0 radical (unpaired) electrons. The van der Waals surface area contributed by atoms with E-state index < -0.39 is 10.0 Å². The standard InChI is InChI=1S/C12H22N6O2S/c1-3-4-14-10-9-11(16-12(13)15-10)17-5-7-18(8-6-17)21(2,19)20/h9H,3-8H2,1-2H3,(H3,13,14,15,16). The van der Waals surface area contributed by atoms with Crippen LogP contribution in [0.2, 0.25) is 0 Å². The number of nitrogens with two attached hydrogens (primary N) is 1. The lowest BCUT2D eigenvalue weighted by atomic mass is 10.3. The summed E-state index contributed by atoms with van der Waals surface area (Å²) >= 11 is 0. The zero-order valence-electron chi connectivity index (χ0n) is 12.4. The Bertz CT molecular complexity index is 583. The van der Waals surface area contributed by atoms with Crippen LogP contribution in [0.25, 0.3) is 0 Å². The Hall–Kier alpha value is -1.61. The summed E-state index contributed by atoms with van der Waals surface area (Å²) in [7, 11) is -3.12. The van der Waals surface area contributed by atoms with Crippen molar-refractivity contribution >= 4 is 27.6 Å². The smallest absolute Gasteiger partial charge is 0.223 e. The van der Waals surface area contributed by atoms with E-state index in [1.165, 1.54) is 10.6 Å². The molecule has 1 aliphatic heterocycles. The van der Waals surface area contributed by atoms with Gasteiger partial charge in [0.05, 0.1) is 6.26 Å². The van der Waals surface area contributed by atoms with Crippen molar-refractivity contribution < 1.29 is 8.42 Å². The maximum atomic E-state index is 11.5. The zero-order valence-corrected chi connectivity index (χ0v) is 13.2. The van der Waals surface area contributed by atoms with E-state index in [-0.39, 0.29) is 5.95 Å². The largest absolute Gasteiger partial charge is 0.370 e. The first-order valence-corrected chi connectivity index (χ1v) is 8.83. The number of nitrogens with zero attached hydrogens (tertiary/aromatic N) is 4. The van der Waals surface area contributed by atoms with Crippen molar-refractivity contribution in [3.05, 3.63) is 6.07 Å². The molecule has 0 unspecified atom stereocenters. The highest BCUT2D eigenvalue weighted by Crippen LogP contribution is 2.19. The molecule has 0 aromatic carbocycles. The summed E-state index contributed by atoms with van der Waals surface area (Å²) in [5, 5.41) is 3.18. The fourth-order valence-electron chi connectivity index (χ4n) is 2.21. The fourth-order valence-corrected chi connectivity index (χ4v) is 3.03. The lowest BCUT2D eigenvalue weighted by Gasteiger charge is -2.34. The van der Waals surface area contributed by atoms with Crippen LogP contribution >= 0.6 is 0 Å². The third kappa shape index (κ3) is 4.18. The Balaban J connectivity index is 2.07. The number of aromatic nitrogens is 2. The summed E-state index contributed by atoms with van der Waals surface area (Å²) in [4.78, 5) is 10.4. The second-order valence-electron chi connectivity index (χ2n) is 5.05. The number of nitrogens with one attached hydrogen (secondary N) is 1. The molecule has 0 bridgehead atoms. The number of sulfonamides is 1. The van der Waals surface area contributed by atoms with Gasteiger partial charge in [0.2, 0.25) is 16.0 Å². The summed E-state index contributed by atoms with van der Waals surface area (Å²) in [5.41, 5.74) is 5.74. The van der Waals surface area contributed by atoms with Crippen molar-refractivity contribution in [2.75, 3.05) is 54.9 Å². The van der Waals surface area contributed by atoms with Crippen molar-refractivity contribution in [2.45, 2.75) is 13.3 Å². The highest BCUT2D eigenvalue weighted by atomic mass is 32.2. The molecule has 118 valence electrons. The average Bonchev–Trinajstić information content (AvgIpc) is 2.44. The van der Waals surface area contributed by atoms with E-state index in [0.717, 1.165) is 18.8 Å². The minimum Gasteiger partial charge on any atom is -0.370 e. The van der Waals surface area contributed by atoms with E-state index in [9.17, 15) is 8.42 Å². The Morgan fingerprint density at radius 2 is 1.95 bits per heavy atom. The number of hydrogen-bond donors (Lipinski definition) is 2. The monoisotopic (exact) mass is 314 g/mol. The molecular formula is C12H22N6O2S. The molecule has 8 nitrogen and oxygen atoms in total. The molecule has 0 aliphatic carbocycles. The number of piperazine rings is 1. The molecule has 1 aliphatic rings. The third-order valence-corrected chi connectivity index (χ3v) is 4.62. The minimum atomic E-state index is -3.12. The molecule has 0 saturated carbocycles. The van der Waals surface area contributed by atoms with Crippen LogP contribution in [0, 0.1) is 0 Å². The van der Waals surface area contributed by atoms with E-state index in [2.05, 4.69) is 22.2 Å². The predicted molar refractivity (Wildman–Crippen MR) is 83.9 cm³/mol. The quantitative estimate of drug-likeness (QED) is 0.786. The maximum Gasteiger partial charge on any atom is 0.223 e. The summed E-state index contributed by atoms with van der Waals surface area (Å²) in [6.07, 6.45) is 2.23. The molecule has 1 aromatic heterocycles. The van der Waals surface area contributed by atoms with E-state index in [4.69, 9.17) is 5.73 Å². The molecule has 3 N–H and O–H groups in total. The van der Waals surface area contributed by atoms with E-state index in [1.54, 1.807) is 0 Å².